The molecule has 1 aromatic carbocycles. The molecule has 3 nitrogen and oxygen atoms in total. The van der Waals surface area contributed by atoms with Gasteiger partial charge in [0.05, 0.1) is 7.11 Å². The fourth-order valence-corrected chi connectivity index (χ4v) is 1.46. The summed E-state index contributed by atoms with van der Waals surface area (Å²) >= 11 is 0. The quantitative estimate of drug-likeness (QED) is 0.808. The Hall–Kier alpha value is -1.22. The van der Waals surface area contributed by atoms with Gasteiger partial charge in [0.15, 0.2) is 11.5 Å². The van der Waals surface area contributed by atoms with Crippen LogP contribution in [0, 0.1) is 0 Å². The number of benzene rings is 1. The predicted molar refractivity (Wildman–Crippen MR) is 61.6 cm³/mol. The molecule has 0 aromatic heterocycles. The van der Waals surface area contributed by atoms with Crippen molar-refractivity contribution in [2.75, 3.05) is 20.3 Å². The summed E-state index contributed by atoms with van der Waals surface area (Å²) in [6, 6.07) is 5.93. The van der Waals surface area contributed by atoms with Gasteiger partial charge < -0.3 is 15.2 Å². The molecule has 0 aliphatic heterocycles. The molecule has 0 saturated carbocycles. The summed E-state index contributed by atoms with van der Waals surface area (Å²) in [5.74, 6) is 2.00. The van der Waals surface area contributed by atoms with Crippen molar-refractivity contribution in [1.29, 1.82) is 0 Å². The fraction of sp³-hybridized carbons (Fsp3) is 0.500. The third-order valence-corrected chi connectivity index (χ3v) is 2.22. The van der Waals surface area contributed by atoms with Crippen LogP contribution in [0.1, 0.15) is 25.3 Å². The smallest absolute Gasteiger partial charge is 0.164 e. The van der Waals surface area contributed by atoms with Crippen molar-refractivity contribution < 1.29 is 9.47 Å². The summed E-state index contributed by atoms with van der Waals surface area (Å²) in [4.78, 5) is 0. The van der Waals surface area contributed by atoms with Gasteiger partial charge in [0, 0.05) is 12.1 Å². The lowest BCUT2D eigenvalue weighted by molar-refractivity contribution is 0.298. The van der Waals surface area contributed by atoms with Crippen LogP contribution < -0.4 is 15.2 Å². The molecule has 1 aromatic rings. The molecule has 0 saturated heterocycles. The normalized spacial score (nSPS) is 10.5. The first-order valence-corrected chi connectivity index (χ1v) is 5.20. The van der Waals surface area contributed by atoms with Crippen LogP contribution in [0.4, 0.5) is 0 Å². The van der Waals surface area contributed by atoms with E-state index >= 15 is 0 Å². The second-order valence-corrected chi connectivity index (χ2v) is 3.67. The predicted octanol–water partition coefficient (Wildman–Crippen LogP) is 2.16. The molecule has 0 amide bonds. The van der Waals surface area contributed by atoms with Crippen molar-refractivity contribution in [3.8, 4) is 11.5 Å². The summed E-state index contributed by atoms with van der Waals surface area (Å²) < 4.78 is 10.9. The topological polar surface area (TPSA) is 44.5 Å². The average molecular weight is 209 g/mol. The Balaban J connectivity index is 3.03. The second-order valence-electron chi connectivity index (χ2n) is 3.67. The maximum atomic E-state index is 5.62. The number of nitrogens with two attached hydrogens (primary N) is 1. The minimum absolute atomic E-state index is 0.410. The van der Waals surface area contributed by atoms with Crippen LogP contribution in [-0.2, 0) is 0 Å². The summed E-state index contributed by atoms with van der Waals surface area (Å²) in [5, 5.41) is 0. The summed E-state index contributed by atoms with van der Waals surface area (Å²) in [6.45, 7) is 5.28. The minimum Gasteiger partial charge on any atom is -0.493 e. The van der Waals surface area contributed by atoms with Crippen molar-refractivity contribution in [3.63, 3.8) is 0 Å². The molecule has 1 rings (SSSR count). The zero-order chi connectivity index (χ0) is 11.3. The van der Waals surface area contributed by atoms with Crippen molar-refractivity contribution in [1.82, 2.24) is 0 Å². The molecule has 2 N–H and O–H groups in total. The van der Waals surface area contributed by atoms with Gasteiger partial charge in [0.1, 0.15) is 6.61 Å². The lowest BCUT2D eigenvalue weighted by atomic mass is 10.0. The number of hydrogen-bond donors (Lipinski definition) is 1. The first kappa shape index (κ1) is 11.9. The lowest BCUT2D eigenvalue weighted by Crippen LogP contribution is -2.12. The van der Waals surface area contributed by atoms with Crippen LogP contribution in [0.15, 0.2) is 18.2 Å². The molecule has 0 fully saturated rings. The molecule has 15 heavy (non-hydrogen) atoms. The Bertz CT molecular complexity index is 310. The maximum Gasteiger partial charge on any atom is 0.164 e. The summed E-state index contributed by atoms with van der Waals surface area (Å²) in [7, 11) is 1.65. The number of methoxy groups -OCH3 is 1. The van der Waals surface area contributed by atoms with Gasteiger partial charge in [0.25, 0.3) is 0 Å². The molecule has 0 heterocycles. The van der Waals surface area contributed by atoms with E-state index in [0.717, 1.165) is 17.1 Å². The van der Waals surface area contributed by atoms with Gasteiger partial charge in [-0.25, -0.2) is 0 Å². The highest BCUT2D eigenvalue weighted by Crippen LogP contribution is 2.35. The van der Waals surface area contributed by atoms with Gasteiger partial charge >= 0.3 is 0 Å². The van der Waals surface area contributed by atoms with E-state index in [-0.39, 0.29) is 0 Å². The van der Waals surface area contributed by atoms with Crippen molar-refractivity contribution in [2.45, 2.75) is 19.8 Å². The molecule has 0 unspecified atom stereocenters. The van der Waals surface area contributed by atoms with E-state index in [1.807, 2.05) is 12.1 Å². The van der Waals surface area contributed by atoms with E-state index in [9.17, 15) is 0 Å². The van der Waals surface area contributed by atoms with E-state index in [0.29, 0.717) is 19.1 Å². The Morgan fingerprint density at radius 3 is 2.60 bits per heavy atom. The van der Waals surface area contributed by atoms with Crippen LogP contribution >= 0.6 is 0 Å². The Kier molecular flexibility index (Phi) is 4.43. The number of para-hydroxylation sites is 1. The number of hydrogen-bond acceptors (Lipinski definition) is 3. The van der Waals surface area contributed by atoms with Crippen LogP contribution in [0.5, 0.6) is 11.5 Å². The second kappa shape index (κ2) is 5.61. The van der Waals surface area contributed by atoms with E-state index in [1.54, 1.807) is 7.11 Å². The zero-order valence-corrected chi connectivity index (χ0v) is 9.62. The van der Waals surface area contributed by atoms with Crippen molar-refractivity contribution in [2.24, 2.45) is 5.73 Å². The Morgan fingerprint density at radius 2 is 2.07 bits per heavy atom. The maximum absolute atomic E-state index is 5.62. The third kappa shape index (κ3) is 2.86. The van der Waals surface area contributed by atoms with E-state index in [1.165, 1.54) is 0 Å². The average Bonchev–Trinajstić information content (AvgIpc) is 2.25. The third-order valence-electron chi connectivity index (χ3n) is 2.22. The van der Waals surface area contributed by atoms with Crippen LogP contribution in [-0.4, -0.2) is 20.3 Å². The first-order valence-electron chi connectivity index (χ1n) is 5.20. The fourth-order valence-electron chi connectivity index (χ4n) is 1.46. The van der Waals surface area contributed by atoms with Crippen molar-refractivity contribution >= 4 is 0 Å². The Morgan fingerprint density at radius 1 is 1.33 bits per heavy atom. The molecule has 0 atom stereocenters. The molecule has 84 valence electrons. The largest absolute Gasteiger partial charge is 0.493 e. The molecular formula is C12H19NO2. The first-order chi connectivity index (χ1) is 7.20. The van der Waals surface area contributed by atoms with Crippen molar-refractivity contribution in [3.05, 3.63) is 23.8 Å². The van der Waals surface area contributed by atoms with E-state index in [2.05, 4.69) is 19.9 Å². The minimum atomic E-state index is 0.410. The van der Waals surface area contributed by atoms with Crippen LogP contribution in [0.25, 0.3) is 0 Å². The highest BCUT2D eigenvalue weighted by atomic mass is 16.5. The van der Waals surface area contributed by atoms with Gasteiger partial charge in [-0.1, -0.05) is 26.0 Å². The SMILES string of the molecule is COc1cccc(C(C)C)c1OCCN. The standard InChI is InChI=1S/C12H19NO2/c1-9(2)10-5-4-6-11(14-3)12(10)15-8-7-13/h4-6,9H,7-8,13H2,1-3H3. The summed E-state index contributed by atoms with van der Waals surface area (Å²) in [6.07, 6.45) is 0. The van der Waals surface area contributed by atoms with Gasteiger partial charge in [-0.2, -0.15) is 0 Å². The van der Waals surface area contributed by atoms with E-state index < -0.39 is 0 Å². The van der Waals surface area contributed by atoms with Gasteiger partial charge in [-0.15, -0.1) is 0 Å². The molecule has 0 bridgehead atoms. The molecule has 0 spiro atoms. The summed E-state index contributed by atoms with van der Waals surface area (Å²) in [5.41, 5.74) is 6.58. The van der Waals surface area contributed by atoms with Gasteiger partial charge in [-0.3, -0.25) is 0 Å². The van der Waals surface area contributed by atoms with Gasteiger partial charge in [0.2, 0.25) is 0 Å². The van der Waals surface area contributed by atoms with Crippen LogP contribution in [0.2, 0.25) is 0 Å². The Labute approximate surface area is 91.2 Å². The highest BCUT2D eigenvalue weighted by Gasteiger charge is 2.12. The molecule has 0 aliphatic carbocycles. The molecular weight excluding hydrogens is 190 g/mol. The number of ether oxygens (including phenoxy) is 2. The highest BCUT2D eigenvalue weighted by molar-refractivity contribution is 5.47. The van der Waals surface area contributed by atoms with Gasteiger partial charge in [-0.05, 0) is 12.0 Å². The van der Waals surface area contributed by atoms with E-state index in [4.69, 9.17) is 15.2 Å². The molecule has 3 heteroatoms. The zero-order valence-electron chi connectivity index (χ0n) is 9.62. The molecule has 0 radical (unpaired) electrons. The monoisotopic (exact) mass is 209 g/mol. The van der Waals surface area contributed by atoms with Crippen LogP contribution in [0.3, 0.4) is 0 Å². The number of rotatable bonds is 5. The molecule has 0 aliphatic rings. The lowest BCUT2D eigenvalue weighted by Gasteiger charge is -2.16.